The Kier molecular flexibility index (Phi) is 6.73. The predicted octanol–water partition coefficient (Wildman–Crippen LogP) is 2.96. The summed E-state index contributed by atoms with van der Waals surface area (Å²) in [5.41, 5.74) is 0.641. The van der Waals surface area contributed by atoms with Crippen LogP contribution in [0.3, 0.4) is 0 Å². The highest BCUT2D eigenvalue weighted by atomic mass is 16.7. The molecule has 4 aliphatic rings. The van der Waals surface area contributed by atoms with Gasteiger partial charge in [-0.15, -0.1) is 0 Å². The van der Waals surface area contributed by atoms with E-state index in [0.29, 0.717) is 62.4 Å². The van der Waals surface area contributed by atoms with Gasteiger partial charge in [0, 0.05) is 30.8 Å². The highest BCUT2D eigenvalue weighted by Gasteiger charge is 2.51. The zero-order valence-corrected chi connectivity index (χ0v) is 20.8. The van der Waals surface area contributed by atoms with Crippen LogP contribution in [-0.4, -0.2) is 59.4 Å². The Balaban J connectivity index is 1.22. The standard InChI is InChI=1S/C27H33N3O6/c1-16(2)13-21(30-25(32)19-5-3-4-6-20(19)26(30)33)27(34)29-11-9-17(10-12-29)24(31)28-18-7-8-22-23(14-18)36-15-35-22/h3-4,7-8,14,16-17,19-21H,5-6,9-13,15H2,1-2H3,(H,28,31). The molecule has 3 atom stereocenters. The van der Waals surface area contributed by atoms with E-state index in [1.54, 1.807) is 23.1 Å². The Morgan fingerprint density at radius 2 is 1.64 bits per heavy atom. The monoisotopic (exact) mass is 495 g/mol. The van der Waals surface area contributed by atoms with E-state index in [1.165, 1.54) is 4.90 Å². The van der Waals surface area contributed by atoms with E-state index in [-0.39, 0.29) is 54.1 Å². The summed E-state index contributed by atoms with van der Waals surface area (Å²) in [5, 5.41) is 2.94. The third kappa shape index (κ3) is 4.58. The fraction of sp³-hybridized carbons (Fsp3) is 0.556. The van der Waals surface area contributed by atoms with Crippen LogP contribution in [0.25, 0.3) is 0 Å². The van der Waals surface area contributed by atoms with Crippen LogP contribution in [0.1, 0.15) is 46.0 Å². The van der Waals surface area contributed by atoms with Crippen molar-refractivity contribution in [3.05, 3.63) is 30.4 Å². The number of carbonyl (C=O) groups is 4. The number of rotatable bonds is 6. The molecular weight excluding hydrogens is 462 g/mol. The molecule has 3 heterocycles. The largest absolute Gasteiger partial charge is 0.454 e. The maximum absolute atomic E-state index is 13.6. The molecule has 3 aliphatic heterocycles. The molecule has 1 aliphatic carbocycles. The number of carbonyl (C=O) groups excluding carboxylic acids is 4. The van der Waals surface area contributed by atoms with Crippen LogP contribution >= 0.6 is 0 Å². The molecule has 1 N–H and O–H groups in total. The molecule has 5 rings (SSSR count). The summed E-state index contributed by atoms with van der Waals surface area (Å²) in [5.74, 6) is -0.249. The Bertz CT molecular complexity index is 1060. The number of imide groups is 1. The van der Waals surface area contributed by atoms with E-state index in [9.17, 15) is 19.2 Å². The van der Waals surface area contributed by atoms with Crippen LogP contribution in [0.2, 0.25) is 0 Å². The van der Waals surface area contributed by atoms with Crippen molar-refractivity contribution in [3.63, 3.8) is 0 Å². The Morgan fingerprint density at radius 1 is 1.00 bits per heavy atom. The summed E-state index contributed by atoms with van der Waals surface area (Å²) < 4.78 is 10.7. The first-order chi connectivity index (χ1) is 17.3. The Hall–Kier alpha value is -3.36. The van der Waals surface area contributed by atoms with Crippen LogP contribution < -0.4 is 14.8 Å². The quantitative estimate of drug-likeness (QED) is 0.481. The smallest absolute Gasteiger partial charge is 0.245 e. The SMILES string of the molecule is CC(C)CC(C(=O)N1CCC(C(=O)Nc2ccc3c(c2)OCO3)CC1)N1C(=O)C2CC=CCC2C1=O. The Morgan fingerprint density at radius 3 is 2.28 bits per heavy atom. The first-order valence-corrected chi connectivity index (χ1v) is 12.8. The first kappa shape index (κ1) is 24.3. The second-order valence-electron chi connectivity index (χ2n) is 10.5. The molecule has 1 aromatic rings. The highest BCUT2D eigenvalue weighted by molar-refractivity contribution is 6.08. The minimum atomic E-state index is -0.783. The van der Waals surface area contributed by atoms with E-state index in [4.69, 9.17) is 9.47 Å². The number of anilines is 1. The van der Waals surface area contributed by atoms with Gasteiger partial charge in [-0.25, -0.2) is 0 Å². The summed E-state index contributed by atoms with van der Waals surface area (Å²) >= 11 is 0. The Labute approximate surface area is 210 Å². The molecule has 3 unspecified atom stereocenters. The van der Waals surface area contributed by atoms with E-state index < -0.39 is 6.04 Å². The third-order valence-corrected chi connectivity index (χ3v) is 7.65. The lowest BCUT2D eigenvalue weighted by atomic mass is 9.85. The maximum atomic E-state index is 13.6. The first-order valence-electron chi connectivity index (χ1n) is 12.8. The maximum Gasteiger partial charge on any atom is 0.245 e. The summed E-state index contributed by atoms with van der Waals surface area (Å²) in [7, 11) is 0. The molecule has 2 saturated heterocycles. The van der Waals surface area contributed by atoms with Crippen LogP contribution in [0.5, 0.6) is 11.5 Å². The predicted molar refractivity (Wildman–Crippen MR) is 131 cm³/mol. The van der Waals surface area contributed by atoms with Crippen LogP contribution in [0.15, 0.2) is 30.4 Å². The van der Waals surface area contributed by atoms with Gasteiger partial charge in [0.2, 0.25) is 30.4 Å². The number of likely N-dealkylation sites (tertiary alicyclic amines) is 2. The fourth-order valence-electron chi connectivity index (χ4n) is 5.69. The topological polar surface area (TPSA) is 105 Å². The van der Waals surface area contributed by atoms with Gasteiger partial charge in [-0.05, 0) is 50.2 Å². The normalized spacial score (nSPS) is 24.3. The van der Waals surface area contributed by atoms with Gasteiger partial charge in [0.1, 0.15) is 6.04 Å². The van der Waals surface area contributed by atoms with Crippen LogP contribution in [0, 0.1) is 23.7 Å². The lowest BCUT2D eigenvalue weighted by molar-refractivity contribution is -0.153. The van der Waals surface area contributed by atoms with E-state index in [0.717, 1.165) is 0 Å². The molecule has 0 radical (unpaired) electrons. The molecule has 0 bridgehead atoms. The van der Waals surface area contributed by atoms with Crippen molar-refractivity contribution >= 4 is 29.3 Å². The van der Waals surface area contributed by atoms with Crippen molar-refractivity contribution < 1.29 is 28.7 Å². The molecule has 0 saturated carbocycles. The lowest BCUT2D eigenvalue weighted by Crippen LogP contribution is -2.54. The number of ether oxygens (including phenoxy) is 2. The number of hydrogen-bond donors (Lipinski definition) is 1. The number of hydrogen-bond acceptors (Lipinski definition) is 6. The zero-order chi connectivity index (χ0) is 25.4. The lowest BCUT2D eigenvalue weighted by Gasteiger charge is -2.36. The fourth-order valence-corrected chi connectivity index (χ4v) is 5.69. The van der Waals surface area contributed by atoms with E-state index in [1.807, 2.05) is 26.0 Å². The number of allylic oxidation sites excluding steroid dienone is 2. The van der Waals surface area contributed by atoms with Gasteiger partial charge in [-0.1, -0.05) is 26.0 Å². The molecule has 4 amide bonds. The number of fused-ring (bicyclic) bond motifs is 2. The number of amides is 4. The summed E-state index contributed by atoms with van der Waals surface area (Å²) in [6.45, 7) is 4.98. The molecule has 1 aromatic carbocycles. The van der Waals surface area contributed by atoms with Gasteiger partial charge in [-0.3, -0.25) is 24.1 Å². The van der Waals surface area contributed by atoms with Crippen molar-refractivity contribution in [3.8, 4) is 11.5 Å². The van der Waals surface area contributed by atoms with E-state index in [2.05, 4.69) is 5.32 Å². The molecule has 2 fully saturated rings. The molecule has 36 heavy (non-hydrogen) atoms. The molecular formula is C27H33N3O6. The van der Waals surface area contributed by atoms with Gasteiger partial charge in [0.25, 0.3) is 0 Å². The number of benzene rings is 1. The summed E-state index contributed by atoms with van der Waals surface area (Å²) in [4.78, 5) is 55.8. The third-order valence-electron chi connectivity index (χ3n) is 7.65. The minimum Gasteiger partial charge on any atom is -0.454 e. The van der Waals surface area contributed by atoms with Gasteiger partial charge in [-0.2, -0.15) is 0 Å². The van der Waals surface area contributed by atoms with E-state index >= 15 is 0 Å². The molecule has 192 valence electrons. The number of nitrogens with one attached hydrogen (secondary N) is 1. The van der Waals surface area contributed by atoms with Gasteiger partial charge >= 0.3 is 0 Å². The molecule has 9 heteroatoms. The second kappa shape index (κ2) is 9.95. The van der Waals surface area contributed by atoms with Crippen LogP contribution in [0.4, 0.5) is 5.69 Å². The highest BCUT2D eigenvalue weighted by Crippen LogP contribution is 2.38. The van der Waals surface area contributed by atoms with Crippen molar-refractivity contribution in [1.29, 1.82) is 0 Å². The average molecular weight is 496 g/mol. The number of nitrogens with zero attached hydrogens (tertiary/aromatic N) is 2. The van der Waals surface area contributed by atoms with Crippen LogP contribution in [-0.2, 0) is 19.2 Å². The van der Waals surface area contributed by atoms with Gasteiger partial charge in [0.15, 0.2) is 11.5 Å². The second-order valence-corrected chi connectivity index (χ2v) is 10.5. The molecule has 0 spiro atoms. The zero-order valence-electron chi connectivity index (χ0n) is 20.8. The van der Waals surface area contributed by atoms with Crippen molar-refractivity contribution in [2.24, 2.45) is 23.7 Å². The molecule has 9 nitrogen and oxygen atoms in total. The average Bonchev–Trinajstić information content (AvgIpc) is 3.44. The van der Waals surface area contributed by atoms with Crippen molar-refractivity contribution in [1.82, 2.24) is 9.80 Å². The summed E-state index contributed by atoms with van der Waals surface area (Å²) in [6, 6.07) is 4.50. The van der Waals surface area contributed by atoms with Crippen molar-refractivity contribution in [2.45, 2.75) is 52.0 Å². The minimum absolute atomic E-state index is 0.0961. The number of piperidine rings is 1. The van der Waals surface area contributed by atoms with Crippen molar-refractivity contribution in [2.75, 3.05) is 25.2 Å². The van der Waals surface area contributed by atoms with Gasteiger partial charge < -0.3 is 19.7 Å². The summed E-state index contributed by atoms with van der Waals surface area (Å²) in [6.07, 6.45) is 6.49. The molecule has 0 aromatic heterocycles. The van der Waals surface area contributed by atoms with Gasteiger partial charge in [0.05, 0.1) is 11.8 Å².